The molecule has 7 nitrogen and oxygen atoms in total. The highest BCUT2D eigenvalue weighted by Gasteiger charge is 2.17. The number of hydrogen-bond donors (Lipinski definition) is 1. The second-order valence-electron chi connectivity index (χ2n) is 7.49. The van der Waals surface area contributed by atoms with Crippen LogP contribution in [0, 0.1) is 11.3 Å². The third kappa shape index (κ3) is 7.41. The summed E-state index contributed by atoms with van der Waals surface area (Å²) >= 11 is 13.1. The zero-order valence-electron chi connectivity index (χ0n) is 20.2. The maximum absolute atomic E-state index is 12.9. The second kappa shape index (κ2) is 13.4. The molecule has 0 atom stereocenters. The fourth-order valence-corrected chi connectivity index (χ4v) is 4.34. The van der Waals surface area contributed by atoms with Crippen LogP contribution in [0.1, 0.15) is 18.1 Å². The summed E-state index contributed by atoms with van der Waals surface area (Å²) in [6.45, 7) is 2.59. The standard InChI is InChI=1S/C27H23Br2ClN2O5/c1-4-36-25-11-17(10-20(29)26(25)37-15-16-5-7-19(28)8-6-16)9-18(14-31)27(33)32-22-13-23(34-2)21(30)12-24(22)35-3/h5-13H,4,15H2,1-3H3,(H,32,33)/b18-9+. The summed E-state index contributed by atoms with van der Waals surface area (Å²) in [4.78, 5) is 12.9. The number of ether oxygens (including phenoxy) is 4. The van der Waals surface area contributed by atoms with Crippen LogP contribution in [-0.2, 0) is 11.4 Å². The average Bonchev–Trinajstić information content (AvgIpc) is 2.88. The first-order chi connectivity index (χ1) is 17.8. The summed E-state index contributed by atoms with van der Waals surface area (Å²) in [6.07, 6.45) is 1.46. The number of benzene rings is 3. The molecule has 0 aliphatic rings. The lowest BCUT2D eigenvalue weighted by molar-refractivity contribution is -0.112. The van der Waals surface area contributed by atoms with Crippen molar-refractivity contribution in [3.8, 4) is 29.1 Å². The number of nitrogens with one attached hydrogen (secondary N) is 1. The largest absolute Gasteiger partial charge is 0.495 e. The predicted molar refractivity (Wildman–Crippen MR) is 151 cm³/mol. The van der Waals surface area contributed by atoms with Gasteiger partial charge in [-0.15, -0.1) is 0 Å². The van der Waals surface area contributed by atoms with Gasteiger partial charge in [-0.1, -0.05) is 39.7 Å². The van der Waals surface area contributed by atoms with Crippen molar-refractivity contribution in [1.29, 1.82) is 5.26 Å². The van der Waals surface area contributed by atoms with Crippen LogP contribution >= 0.6 is 43.5 Å². The van der Waals surface area contributed by atoms with Crippen molar-refractivity contribution < 1.29 is 23.7 Å². The minimum atomic E-state index is -0.630. The number of rotatable bonds is 10. The van der Waals surface area contributed by atoms with Crippen molar-refractivity contribution in [2.45, 2.75) is 13.5 Å². The first-order valence-electron chi connectivity index (χ1n) is 11.0. The van der Waals surface area contributed by atoms with E-state index in [1.165, 1.54) is 32.4 Å². The molecule has 0 heterocycles. The first kappa shape index (κ1) is 28.4. The maximum atomic E-state index is 12.9. The molecule has 0 saturated heterocycles. The predicted octanol–water partition coefficient (Wildman–Crippen LogP) is 7.41. The quantitative estimate of drug-likeness (QED) is 0.182. The van der Waals surface area contributed by atoms with Crippen LogP contribution in [0.3, 0.4) is 0 Å². The molecule has 192 valence electrons. The number of hydrogen-bond acceptors (Lipinski definition) is 6. The first-order valence-corrected chi connectivity index (χ1v) is 12.9. The number of nitriles is 1. The second-order valence-corrected chi connectivity index (χ2v) is 9.67. The molecule has 0 radical (unpaired) electrons. The molecule has 1 amide bonds. The highest BCUT2D eigenvalue weighted by molar-refractivity contribution is 9.10. The molecule has 0 aliphatic carbocycles. The third-order valence-corrected chi connectivity index (χ3v) is 6.44. The van der Waals surface area contributed by atoms with Crippen molar-refractivity contribution >= 4 is 61.1 Å². The van der Waals surface area contributed by atoms with Gasteiger partial charge >= 0.3 is 0 Å². The Kier molecular flexibility index (Phi) is 10.3. The summed E-state index contributed by atoms with van der Waals surface area (Å²) in [5, 5.41) is 12.7. The zero-order chi connectivity index (χ0) is 26.9. The summed E-state index contributed by atoms with van der Waals surface area (Å²) in [5.41, 5.74) is 1.73. The van der Waals surface area contributed by atoms with Crippen LogP contribution in [0.15, 0.2) is 63.0 Å². The van der Waals surface area contributed by atoms with Gasteiger partial charge in [0.1, 0.15) is 29.7 Å². The smallest absolute Gasteiger partial charge is 0.266 e. The topological polar surface area (TPSA) is 89.8 Å². The molecule has 0 spiro atoms. The van der Waals surface area contributed by atoms with Crippen LogP contribution in [0.2, 0.25) is 5.02 Å². The van der Waals surface area contributed by atoms with E-state index in [0.717, 1.165) is 10.0 Å². The minimum absolute atomic E-state index is 0.131. The minimum Gasteiger partial charge on any atom is -0.495 e. The van der Waals surface area contributed by atoms with E-state index in [2.05, 4.69) is 37.2 Å². The van der Waals surface area contributed by atoms with Crippen molar-refractivity contribution in [2.24, 2.45) is 0 Å². The molecule has 0 bridgehead atoms. The molecule has 1 N–H and O–H groups in total. The molecule has 0 fully saturated rings. The summed E-state index contributed by atoms with van der Waals surface area (Å²) in [7, 11) is 2.90. The molecule has 0 aliphatic heterocycles. The molecule has 0 aromatic heterocycles. The Labute approximate surface area is 237 Å². The van der Waals surface area contributed by atoms with E-state index >= 15 is 0 Å². The lowest BCUT2D eigenvalue weighted by Crippen LogP contribution is -2.14. The number of nitrogens with zero attached hydrogens (tertiary/aromatic N) is 1. The summed E-state index contributed by atoms with van der Waals surface area (Å²) < 4.78 is 23.9. The Balaban J connectivity index is 1.88. The molecule has 0 saturated carbocycles. The summed E-state index contributed by atoms with van der Waals surface area (Å²) in [6, 6.07) is 16.2. The fourth-order valence-electron chi connectivity index (χ4n) is 3.27. The van der Waals surface area contributed by atoms with Gasteiger partial charge in [0.05, 0.1) is 36.0 Å². The lowest BCUT2D eigenvalue weighted by atomic mass is 10.1. The van der Waals surface area contributed by atoms with Gasteiger partial charge in [-0.3, -0.25) is 4.79 Å². The van der Waals surface area contributed by atoms with E-state index in [1.807, 2.05) is 37.3 Å². The van der Waals surface area contributed by atoms with E-state index in [9.17, 15) is 10.1 Å². The SMILES string of the molecule is CCOc1cc(/C=C(\C#N)C(=O)Nc2cc(OC)c(Cl)cc2OC)cc(Br)c1OCc1ccc(Br)cc1. The Hall–Kier alpha value is -3.19. The molecule has 3 aromatic rings. The van der Waals surface area contributed by atoms with Crippen LogP contribution in [0.5, 0.6) is 23.0 Å². The van der Waals surface area contributed by atoms with E-state index in [1.54, 1.807) is 12.1 Å². The van der Waals surface area contributed by atoms with Gasteiger partial charge in [-0.25, -0.2) is 0 Å². The molecule has 0 unspecified atom stereocenters. The van der Waals surface area contributed by atoms with E-state index in [-0.39, 0.29) is 5.57 Å². The monoisotopic (exact) mass is 648 g/mol. The number of anilines is 1. The number of carbonyl (C=O) groups excluding carboxylic acids is 1. The van der Waals surface area contributed by atoms with Gasteiger partial charge < -0.3 is 24.3 Å². The zero-order valence-corrected chi connectivity index (χ0v) is 24.2. The number of halogens is 3. The highest BCUT2D eigenvalue weighted by Crippen LogP contribution is 2.39. The van der Waals surface area contributed by atoms with Gasteiger partial charge in [0.2, 0.25) is 0 Å². The van der Waals surface area contributed by atoms with Crippen LogP contribution in [0.25, 0.3) is 6.08 Å². The van der Waals surface area contributed by atoms with E-state index < -0.39 is 5.91 Å². The van der Waals surface area contributed by atoms with Crippen LogP contribution in [0.4, 0.5) is 5.69 Å². The fraction of sp³-hybridized carbons (Fsp3) is 0.185. The van der Waals surface area contributed by atoms with Gasteiger partial charge in [-0.2, -0.15) is 5.26 Å². The number of methoxy groups -OCH3 is 2. The van der Waals surface area contributed by atoms with Crippen molar-refractivity contribution in [3.05, 3.63) is 79.2 Å². The maximum Gasteiger partial charge on any atom is 0.266 e. The van der Waals surface area contributed by atoms with Crippen molar-refractivity contribution in [2.75, 3.05) is 26.1 Å². The molecular formula is C27H23Br2ClN2O5. The third-order valence-electron chi connectivity index (χ3n) is 5.03. The summed E-state index contributed by atoms with van der Waals surface area (Å²) in [5.74, 6) is 1.04. The molecule has 3 rings (SSSR count). The normalized spacial score (nSPS) is 10.9. The van der Waals surface area contributed by atoms with Crippen molar-refractivity contribution in [1.82, 2.24) is 0 Å². The molecule has 3 aromatic carbocycles. The Morgan fingerprint density at radius 2 is 1.73 bits per heavy atom. The van der Waals surface area contributed by atoms with Crippen LogP contribution < -0.4 is 24.3 Å². The highest BCUT2D eigenvalue weighted by atomic mass is 79.9. The Morgan fingerprint density at radius 3 is 2.35 bits per heavy atom. The van der Waals surface area contributed by atoms with Gasteiger partial charge in [0, 0.05) is 16.6 Å². The number of carbonyl (C=O) groups is 1. The van der Waals surface area contributed by atoms with Gasteiger partial charge in [0.25, 0.3) is 5.91 Å². The molecule has 10 heteroatoms. The van der Waals surface area contributed by atoms with Crippen LogP contribution in [-0.4, -0.2) is 26.7 Å². The van der Waals surface area contributed by atoms with Gasteiger partial charge in [-0.05, 0) is 64.3 Å². The average molecular weight is 651 g/mol. The van der Waals surface area contributed by atoms with E-state index in [4.69, 9.17) is 30.5 Å². The lowest BCUT2D eigenvalue weighted by Gasteiger charge is -2.15. The van der Waals surface area contributed by atoms with Gasteiger partial charge in [0.15, 0.2) is 11.5 Å². The Bertz CT molecular complexity index is 1350. The Morgan fingerprint density at radius 1 is 1.03 bits per heavy atom. The van der Waals surface area contributed by atoms with E-state index in [0.29, 0.717) is 57.0 Å². The molecular weight excluding hydrogens is 628 g/mol. The van der Waals surface area contributed by atoms with Crippen molar-refractivity contribution in [3.63, 3.8) is 0 Å². The number of amides is 1. The molecule has 37 heavy (non-hydrogen) atoms.